The van der Waals surface area contributed by atoms with Gasteiger partial charge in [0.2, 0.25) is 0 Å². The van der Waals surface area contributed by atoms with Crippen LogP contribution in [0.25, 0.3) is 60.2 Å². The molecule has 0 aliphatic heterocycles. The fourth-order valence-electron chi connectivity index (χ4n) is 6.32. The van der Waals surface area contributed by atoms with Gasteiger partial charge in [-0.2, -0.15) is 0 Å². The van der Waals surface area contributed by atoms with Crippen LogP contribution in [0.1, 0.15) is 11.1 Å². The standard InChI is InChI=1S/C39H27N/c1-2-10-33-30(9-1)26-31(34-11-3-4-12-35(33)34)25-27-17-19-28(20-18-27)29-21-23-32(24-22-29)40-38-15-7-5-13-36(38)37-14-6-8-16-39(37)40/h1-24,26H,25H2. The molecule has 0 radical (unpaired) electrons. The molecule has 0 saturated carbocycles. The van der Waals surface area contributed by atoms with Crippen LogP contribution in [-0.4, -0.2) is 4.57 Å². The van der Waals surface area contributed by atoms with Crippen LogP contribution >= 0.6 is 0 Å². The first-order valence-corrected chi connectivity index (χ1v) is 13.9. The van der Waals surface area contributed by atoms with E-state index in [1.54, 1.807) is 0 Å². The van der Waals surface area contributed by atoms with E-state index >= 15 is 0 Å². The first-order valence-electron chi connectivity index (χ1n) is 13.9. The minimum Gasteiger partial charge on any atom is -0.309 e. The fraction of sp³-hybridized carbons (Fsp3) is 0.0256. The molecular weight excluding hydrogens is 482 g/mol. The van der Waals surface area contributed by atoms with E-state index in [0.29, 0.717) is 0 Å². The van der Waals surface area contributed by atoms with Gasteiger partial charge in [-0.3, -0.25) is 0 Å². The Morgan fingerprint density at radius 1 is 0.400 bits per heavy atom. The number of benzene rings is 7. The van der Waals surface area contributed by atoms with Gasteiger partial charge in [0.15, 0.2) is 0 Å². The summed E-state index contributed by atoms with van der Waals surface area (Å²) < 4.78 is 2.37. The van der Waals surface area contributed by atoms with Crippen LogP contribution in [0.3, 0.4) is 0 Å². The van der Waals surface area contributed by atoms with E-state index in [9.17, 15) is 0 Å². The molecule has 0 atom stereocenters. The normalized spacial score (nSPS) is 11.6. The molecule has 8 rings (SSSR count). The van der Waals surface area contributed by atoms with Gasteiger partial charge in [0.05, 0.1) is 11.0 Å². The highest BCUT2D eigenvalue weighted by Gasteiger charge is 2.12. The zero-order valence-electron chi connectivity index (χ0n) is 22.1. The molecule has 0 saturated heterocycles. The third-order valence-electron chi connectivity index (χ3n) is 8.24. The summed E-state index contributed by atoms with van der Waals surface area (Å²) in [6, 6.07) is 55.2. The molecule has 188 valence electrons. The minimum atomic E-state index is 0.915. The summed E-state index contributed by atoms with van der Waals surface area (Å²) in [5.41, 5.74) is 8.82. The summed E-state index contributed by atoms with van der Waals surface area (Å²) in [5, 5.41) is 7.87. The second-order valence-electron chi connectivity index (χ2n) is 10.6. The Morgan fingerprint density at radius 2 is 0.900 bits per heavy atom. The van der Waals surface area contributed by atoms with E-state index in [4.69, 9.17) is 0 Å². The maximum Gasteiger partial charge on any atom is 0.0541 e. The molecule has 8 aromatic rings. The summed E-state index contributed by atoms with van der Waals surface area (Å²) in [6.45, 7) is 0. The second-order valence-corrected chi connectivity index (χ2v) is 10.6. The highest BCUT2D eigenvalue weighted by Crippen LogP contribution is 2.33. The van der Waals surface area contributed by atoms with Gasteiger partial charge in [0.1, 0.15) is 0 Å². The highest BCUT2D eigenvalue weighted by molar-refractivity contribution is 6.10. The maximum absolute atomic E-state index is 2.37. The van der Waals surface area contributed by atoms with Gasteiger partial charge in [0, 0.05) is 16.5 Å². The van der Waals surface area contributed by atoms with Crippen molar-refractivity contribution in [3.8, 4) is 16.8 Å². The third kappa shape index (κ3) is 3.71. The lowest BCUT2D eigenvalue weighted by Crippen LogP contribution is -1.94. The van der Waals surface area contributed by atoms with Crippen molar-refractivity contribution in [2.45, 2.75) is 6.42 Å². The van der Waals surface area contributed by atoms with Gasteiger partial charge in [-0.15, -0.1) is 0 Å². The van der Waals surface area contributed by atoms with Crippen molar-refractivity contribution in [2.75, 3.05) is 0 Å². The maximum atomic E-state index is 2.37. The molecule has 0 fully saturated rings. The first-order chi connectivity index (χ1) is 19.8. The van der Waals surface area contributed by atoms with Crippen molar-refractivity contribution in [2.24, 2.45) is 0 Å². The molecule has 7 aromatic carbocycles. The molecule has 1 aromatic heterocycles. The molecule has 0 N–H and O–H groups in total. The van der Waals surface area contributed by atoms with Crippen molar-refractivity contribution in [3.05, 3.63) is 163 Å². The number of para-hydroxylation sites is 2. The van der Waals surface area contributed by atoms with E-state index in [1.165, 1.54) is 71.3 Å². The van der Waals surface area contributed by atoms with E-state index in [2.05, 4.69) is 156 Å². The Labute approximate surface area is 233 Å². The predicted octanol–water partition coefficient (Wildman–Crippen LogP) is 10.3. The monoisotopic (exact) mass is 509 g/mol. The van der Waals surface area contributed by atoms with E-state index in [0.717, 1.165) is 6.42 Å². The van der Waals surface area contributed by atoms with Gasteiger partial charge in [0.25, 0.3) is 0 Å². The number of nitrogens with zero attached hydrogens (tertiary/aromatic N) is 1. The minimum absolute atomic E-state index is 0.915. The molecule has 0 unspecified atom stereocenters. The van der Waals surface area contributed by atoms with Crippen LogP contribution in [0, 0.1) is 0 Å². The van der Waals surface area contributed by atoms with Crippen molar-refractivity contribution in [3.63, 3.8) is 0 Å². The Kier molecular flexibility index (Phi) is 5.28. The Bertz CT molecular complexity index is 2110. The summed E-state index contributed by atoms with van der Waals surface area (Å²) in [5.74, 6) is 0. The van der Waals surface area contributed by atoms with Crippen molar-refractivity contribution < 1.29 is 0 Å². The predicted molar refractivity (Wildman–Crippen MR) is 170 cm³/mol. The Morgan fingerprint density at radius 3 is 1.55 bits per heavy atom. The summed E-state index contributed by atoms with van der Waals surface area (Å²) in [7, 11) is 0. The van der Waals surface area contributed by atoms with Crippen LogP contribution in [-0.2, 0) is 6.42 Å². The summed E-state index contributed by atoms with van der Waals surface area (Å²) in [4.78, 5) is 0. The largest absolute Gasteiger partial charge is 0.309 e. The van der Waals surface area contributed by atoms with Gasteiger partial charge in [-0.25, -0.2) is 0 Å². The lowest BCUT2D eigenvalue weighted by Gasteiger charge is -2.12. The first kappa shape index (κ1) is 22.8. The molecule has 0 spiro atoms. The second kappa shape index (κ2) is 9.25. The average Bonchev–Trinajstić information content (AvgIpc) is 3.36. The topological polar surface area (TPSA) is 4.93 Å². The van der Waals surface area contributed by atoms with Gasteiger partial charge in [-0.1, -0.05) is 127 Å². The summed E-state index contributed by atoms with van der Waals surface area (Å²) in [6.07, 6.45) is 0.915. The average molecular weight is 510 g/mol. The lowest BCUT2D eigenvalue weighted by atomic mass is 9.93. The molecule has 0 aliphatic rings. The molecule has 1 heteroatoms. The number of hydrogen-bond acceptors (Lipinski definition) is 0. The van der Waals surface area contributed by atoms with E-state index in [-0.39, 0.29) is 0 Å². The fourth-order valence-corrected chi connectivity index (χ4v) is 6.32. The molecule has 0 amide bonds. The molecule has 40 heavy (non-hydrogen) atoms. The Hall–Kier alpha value is -5.14. The van der Waals surface area contributed by atoms with Crippen LogP contribution < -0.4 is 0 Å². The zero-order chi connectivity index (χ0) is 26.5. The van der Waals surface area contributed by atoms with Crippen LogP contribution in [0.15, 0.2) is 152 Å². The number of fused-ring (bicyclic) bond motifs is 6. The molecule has 1 nitrogen and oxygen atoms in total. The number of hydrogen-bond donors (Lipinski definition) is 0. The van der Waals surface area contributed by atoms with Crippen LogP contribution in [0.4, 0.5) is 0 Å². The van der Waals surface area contributed by atoms with E-state index in [1.807, 2.05) is 0 Å². The van der Waals surface area contributed by atoms with Crippen molar-refractivity contribution in [1.29, 1.82) is 0 Å². The number of rotatable bonds is 4. The number of aromatic nitrogens is 1. The van der Waals surface area contributed by atoms with Gasteiger partial charge >= 0.3 is 0 Å². The molecule has 1 heterocycles. The van der Waals surface area contributed by atoms with Crippen molar-refractivity contribution in [1.82, 2.24) is 4.57 Å². The molecule has 0 aliphatic carbocycles. The van der Waals surface area contributed by atoms with Gasteiger partial charge < -0.3 is 4.57 Å². The zero-order valence-corrected chi connectivity index (χ0v) is 22.1. The summed E-state index contributed by atoms with van der Waals surface area (Å²) >= 11 is 0. The quantitative estimate of drug-likeness (QED) is 0.208. The smallest absolute Gasteiger partial charge is 0.0541 e. The van der Waals surface area contributed by atoms with E-state index < -0.39 is 0 Å². The molecule has 0 bridgehead atoms. The van der Waals surface area contributed by atoms with Crippen LogP contribution in [0.2, 0.25) is 0 Å². The lowest BCUT2D eigenvalue weighted by molar-refractivity contribution is 1.18. The third-order valence-corrected chi connectivity index (χ3v) is 8.24. The van der Waals surface area contributed by atoms with Crippen molar-refractivity contribution >= 4 is 43.4 Å². The Balaban J connectivity index is 1.12. The highest BCUT2D eigenvalue weighted by atomic mass is 15.0. The van der Waals surface area contributed by atoms with Crippen LogP contribution in [0.5, 0.6) is 0 Å². The SMILES string of the molecule is c1ccc2c(c1)cc(Cc1ccc(-c3ccc(-n4c5ccccc5c5ccccc54)cc3)cc1)c1ccccc12. The van der Waals surface area contributed by atoms with Gasteiger partial charge in [-0.05, 0) is 74.5 Å². The molecular formula is C39H27N.